The molecule has 2 aromatic carbocycles. The number of aryl methyl sites for hydroxylation is 2. The van der Waals surface area contributed by atoms with E-state index in [9.17, 15) is 0 Å². The van der Waals surface area contributed by atoms with Crippen LogP contribution < -0.4 is 11.1 Å². The molecule has 0 amide bonds. The molecule has 0 saturated heterocycles. The zero-order valence-electron chi connectivity index (χ0n) is 10.9. The maximum Gasteiger partial charge on any atom is 0.0606 e. The minimum absolute atomic E-state index is 0.548. The lowest BCUT2D eigenvalue weighted by Crippen LogP contribution is -2.05. The highest BCUT2D eigenvalue weighted by molar-refractivity contribution is 6.36. The van der Waals surface area contributed by atoms with Crippen LogP contribution in [0.5, 0.6) is 0 Å². The number of hydrogen-bond donors (Lipinski definition) is 2. The van der Waals surface area contributed by atoms with Crippen LogP contribution in [0.25, 0.3) is 0 Å². The van der Waals surface area contributed by atoms with Gasteiger partial charge in [-0.25, -0.2) is 0 Å². The number of benzene rings is 2. The van der Waals surface area contributed by atoms with Crippen LogP contribution in [0.2, 0.25) is 10.0 Å². The van der Waals surface area contributed by atoms with Crippen molar-refractivity contribution >= 4 is 34.6 Å². The molecule has 0 saturated carbocycles. The van der Waals surface area contributed by atoms with Gasteiger partial charge in [0.25, 0.3) is 0 Å². The third kappa shape index (κ3) is 3.14. The van der Waals surface area contributed by atoms with E-state index in [1.807, 2.05) is 38.1 Å². The first-order valence-corrected chi connectivity index (χ1v) is 6.78. The van der Waals surface area contributed by atoms with Crippen LogP contribution >= 0.6 is 23.2 Å². The summed E-state index contributed by atoms with van der Waals surface area (Å²) in [4.78, 5) is 0. The average Bonchev–Trinajstić information content (AvgIpc) is 2.31. The topological polar surface area (TPSA) is 38.0 Å². The predicted molar refractivity (Wildman–Crippen MR) is 84.1 cm³/mol. The van der Waals surface area contributed by atoms with Gasteiger partial charge in [0, 0.05) is 22.2 Å². The van der Waals surface area contributed by atoms with Gasteiger partial charge in [0.1, 0.15) is 0 Å². The fraction of sp³-hybridized carbons (Fsp3) is 0.200. The Morgan fingerprint density at radius 3 is 2.32 bits per heavy atom. The van der Waals surface area contributed by atoms with E-state index in [0.717, 1.165) is 28.1 Å². The first-order valence-electron chi connectivity index (χ1n) is 6.02. The first kappa shape index (κ1) is 14.0. The Kier molecular flexibility index (Phi) is 4.23. The van der Waals surface area contributed by atoms with Crippen molar-refractivity contribution in [1.82, 2.24) is 0 Å². The molecule has 100 valence electrons. The van der Waals surface area contributed by atoms with E-state index in [0.29, 0.717) is 16.6 Å². The van der Waals surface area contributed by atoms with Gasteiger partial charge in [-0.05, 0) is 43.2 Å². The molecule has 0 aliphatic rings. The number of anilines is 2. The molecule has 0 atom stereocenters. The van der Waals surface area contributed by atoms with E-state index >= 15 is 0 Å². The van der Waals surface area contributed by atoms with E-state index in [4.69, 9.17) is 28.9 Å². The summed E-state index contributed by atoms with van der Waals surface area (Å²) in [6.07, 6.45) is 0. The minimum Gasteiger partial charge on any atom is -0.397 e. The van der Waals surface area contributed by atoms with E-state index in [1.165, 1.54) is 0 Å². The van der Waals surface area contributed by atoms with Crippen molar-refractivity contribution in [2.75, 3.05) is 11.1 Å². The maximum atomic E-state index is 6.14. The highest BCUT2D eigenvalue weighted by atomic mass is 35.5. The Balaban J connectivity index is 2.24. The van der Waals surface area contributed by atoms with Crippen LogP contribution in [0.1, 0.15) is 16.7 Å². The number of nitrogen functional groups attached to an aromatic ring is 1. The first-order chi connectivity index (χ1) is 8.99. The summed E-state index contributed by atoms with van der Waals surface area (Å²) in [6.45, 7) is 4.60. The molecule has 0 radical (unpaired) electrons. The van der Waals surface area contributed by atoms with Crippen LogP contribution in [-0.4, -0.2) is 0 Å². The normalized spacial score (nSPS) is 10.5. The van der Waals surface area contributed by atoms with Gasteiger partial charge in [0.05, 0.1) is 11.4 Å². The predicted octanol–water partition coefficient (Wildman–Crippen LogP) is 4.80. The summed E-state index contributed by atoms with van der Waals surface area (Å²) < 4.78 is 0. The van der Waals surface area contributed by atoms with Crippen molar-refractivity contribution in [2.24, 2.45) is 0 Å². The number of halogens is 2. The van der Waals surface area contributed by atoms with Crippen LogP contribution in [0.15, 0.2) is 30.3 Å². The van der Waals surface area contributed by atoms with Gasteiger partial charge in [-0.2, -0.15) is 0 Å². The summed E-state index contributed by atoms with van der Waals surface area (Å²) >= 11 is 12.3. The number of nitrogens with two attached hydrogens (primary N) is 1. The Morgan fingerprint density at radius 2 is 1.74 bits per heavy atom. The fourth-order valence-corrected chi connectivity index (χ4v) is 2.65. The summed E-state index contributed by atoms with van der Waals surface area (Å²) in [7, 11) is 0. The van der Waals surface area contributed by atoms with Crippen LogP contribution in [-0.2, 0) is 6.54 Å². The third-order valence-electron chi connectivity index (χ3n) is 3.01. The lowest BCUT2D eigenvalue weighted by Gasteiger charge is -2.15. The van der Waals surface area contributed by atoms with E-state index < -0.39 is 0 Å². The highest BCUT2D eigenvalue weighted by Crippen LogP contribution is 2.28. The molecule has 0 aromatic heterocycles. The highest BCUT2D eigenvalue weighted by Gasteiger charge is 2.08. The molecule has 0 aliphatic heterocycles. The summed E-state index contributed by atoms with van der Waals surface area (Å²) in [5, 5.41) is 4.62. The second-order valence-corrected chi connectivity index (χ2v) is 5.41. The van der Waals surface area contributed by atoms with Crippen molar-refractivity contribution in [1.29, 1.82) is 0 Å². The zero-order valence-corrected chi connectivity index (χ0v) is 12.4. The van der Waals surface area contributed by atoms with Crippen LogP contribution in [0, 0.1) is 13.8 Å². The Morgan fingerprint density at radius 1 is 1.11 bits per heavy atom. The lowest BCUT2D eigenvalue weighted by molar-refractivity contribution is 1.14. The Labute approximate surface area is 123 Å². The van der Waals surface area contributed by atoms with Gasteiger partial charge in [-0.3, -0.25) is 0 Å². The van der Waals surface area contributed by atoms with Gasteiger partial charge in [0.2, 0.25) is 0 Å². The SMILES string of the molecule is Cc1cc(C)c(NCc2c(Cl)cccc2Cl)c(N)c1. The van der Waals surface area contributed by atoms with Crippen molar-refractivity contribution < 1.29 is 0 Å². The van der Waals surface area contributed by atoms with Crippen LogP contribution in [0.3, 0.4) is 0 Å². The van der Waals surface area contributed by atoms with Gasteiger partial charge in [-0.1, -0.05) is 35.3 Å². The molecule has 0 heterocycles. The number of rotatable bonds is 3. The number of hydrogen-bond acceptors (Lipinski definition) is 2. The molecule has 19 heavy (non-hydrogen) atoms. The molecular weight excluding hydrogens is 279 g/mol. The molecule has 2 aromatic rings. The molecule has 0 unspecified atom stereocenters. The van der Waals surface area contributed by atoms with E-state index in [-0.39, 0.29) is 0 Å². The minimum atomic E-state index is 0.548. The van der Waals surface area contributed by atoms with E-state index in [2.05, 4.69) is 11.4 Å². The smallest absolute Gasteiger partial charge is 0.0606 e. The summed E-state index contributed by atoms with van der Waals surface area (Å²) in [5.74, 6) is 0. The largest absolute Gasteiger partial charge is 0.397 e. The molecule has 3 N–H and O–H groups in total. The maximum absolute atomic E-state index is 6.14. The van der Waals surface area contributed by atoms with Gasteiger partial charge < -0.3 is 11.1 Å². The van der Waals surface area contributed by atoms with Gasteiger partial charge in [0.15, 0.2) is 0 Å². The lowest BCUT2D eigenvalue weighted by atomic mass is 10.1. The molecule has 0 spiro atoms. The average molecular weight is 295 g/mol. The Hall–Kier alpha value is -1.38. The fourth-order valence-electron chi connectivity index (χ4n) is 2.12. The molecule has 0 fully saturated rings. The summed E-state index contributed by atoms with van der Waals surface area (Å²) in [6, 6.07) is 9.53. The molecule has 0 aliphatic carbocycles. The van der Waals surface area contributed by atoms with Crippen molar-refractivity contribution in [2.45, 2.75) is 20.4 Å². The quantitative estimate of drug-likeness (QED) is 0.798. The standard InChI is InChI=1S/C15H16Cl2N2/c1-9-6-10(2)15(14(18)7-9)19-8-11-12(16)4-3-5-13(11)17/h3-7,19H,8,18H2,1-2H3. The third-order valence-corrected chi connectivity index (χ3v) is 3.72. The molecule has 2 nitrogen and oxygen atoms in total. The van der Waals surface area contributed by atoms with Crippen molar-refractivity contribution in [3.63, 3.8) is 0 Å². The van der Waals surface area contributed by atoms with Gasteiger partial charge >= 0.3 is 0 Å². The second kappa shape index (κ2) is 5.72. The van der Waals surface area contributed by atoms with Crippen LogP contribution in [0.4, 0.5) is 11.4 Å². The summed E-state index contributed by atoms with van der Waals surface area (Å²) in [5.41, 5.74) is 10.8. The van der Waals surface area contributed by atoms with Gasteiger partial charge in [-0.15, -0.1) is 0 Å². The number of nitrogens with one attached hydrogen (secondary N) is 1. The molecule has 0 bridgehead atoms. The molecular formula is C15H16Cl2N2. The van der Waals surface area contributed by atoms with Crippen molar-refractivity contribution in [3.8, 4) is 0 Å². The molecule has 2 rings (SSSR count). The zero-order chi connectivity index (χ0) is 14.0. The molecule has 4 heteroatoms. The Bertz CT molecular complexity index is 566. The second-order valence-electron chi connectivity index (χ2n) is 4.60. The van der Waals surface area contributed by atoms with Crippen molar-refractivity contribution in [3.05, 3.63) is 57.1 Å². The van der Waals surface area contributed by atoms with E-state index in [1.54, 1.807) is 0 Å². The monoisotopic (exact) mass is 294 g/mol.